The van der Waals surface area contributed by atoms with Crippen molar-refractivity contribution in [2.24, 2.45) is 0 Å². The molecule has 31 heavy (non-hydrogen) atoms. The number of alkyl halides is 2. The molecule has 9 heteroatoms. The summed E-state index contributed by atoms with van der Waals surface area (Å²) in [6.45, 7) is 3.44. The quantitative estimate of drug-likeness (QED) is 0.689. The van der Waals surface area contributed by atoms with Crippen molar-refractivity contribution in [2.45, 2.75) is 62.5 Å². The first kappa shape index (κ1) is 21.6. The Morgan fingerprint density at radius 3 is 2.48 bits per heavy atom. The van der Waals surface area contributed by atoms with Gasteiger partial charge in [0.1, 0.15) is 6.33 Å². The Morgan fingerprint density at radius 2 is 1.94 bits per heavy atom. The smallest absolute Gasteiger partial charge is 0.278 e. The fourth-order valence-corrected chi connectivity index (χ4v) is 4.51. The first-order chi connectivity index (χ1) is 14.8. The van der Waals surface area contributed by atoms with Crippen LogP contribution in [0.5, 0.6) is 0 Å². The highest BCUT2D eigenvalue weighted by molar-refractivity contribution is 6.32. The van der Waals surface area contributed by atoms with Crippen LogP contribution in [0.1, 0.15) is 37.3 Å². The number of nitrogens with zero attached hydrogens (tertiary/aromatic N) is 3. The molecule has 7 nitrogen and oxygen atoms in total. The standard InChI is InChI=1S/C22H24ClFN4O3/c1-13-3-5-15(6-4-13)28(20(29)19(23)24)22(2,14-10-25-12-26-11-14)21(30)27-17-9-16-7-8-18(17)31-16/h3-6,10-12,16-19H,7-9H2,1-2H3,(H,27,30)/t16-,17-,18+,19+,22+/m1/s1. The lowest BCUT2D eigenvalue weighted by Gasteiger charge is -2.41. The third-order valence-electron chi connectivity index (χ3n) is 6.13. The maximum absolute atomic E-state index is 14.1. The molecule has 1 aromatic carbocycles. The molecule has 5 atom stereocenters. The van der Waals surface area contributed by atoms with Gasteiger partial charge in [-0.25, -0.2) is 14.4 Å². The number of halogens is 2. The molecule has 2 saturated heterocycles. The highest BCUT2D eigenvalue weighted by Gasteiger charge is 2.49. The molecule has 2 aliphatic heterocycles. The molecule has 3 heterocycles. The Kier molecular flexibility index (Phi) is 5.94. The van der Waals surface area contributed by atoms with E-state index in [1.807, 2.05) is 6.92 Å². The van der Waals surface area contributed by atoms with Gasteiger partial charge in [-0.2, -0.15) is 0 Å². The van der Waals surface area contributed by atoms with Crippen LogP contribution < -0.4 is 10.2 Å². The van der Waals surface area contributed by atoms with E-state index in [0.717, 1.165) is 23.3 Å². The second-order valence-corrected chi connectivity index (χ2v) is 8.58. The lowest BCUT2D eigenvalue weighted by molar-refractivity contribution is -0.132. The molecule has 0 spiro atoms. The van der Waals surface area contributed by atoms with Gasteiger partial charge in [0.05, 0.1) is 18.2 Å². The number of aromatic nitrogens is 2. The van der Waals surface area contributed by atoms with E-state index in [0.29, 0.717) is 17.7 Å². The lowest BCUT2D eigenvalue weighted by Crippen LogP contribution is -2.60. The van der Waals surface area contributed by atoms with E-state index in [1.165, 1.54) is 18.7 Å². The monoisotopic (exact) mass is 446 g/mol. The minimum absolute atomic E-state index is 0.0595. The van der Waals surface area contributed by atoms with Crippen molar-refractivity contribution in [3.63, 3.8) is 0 Å². The zero-order valence-corrected chi connectivity index (χ0v) is 18.1. The molecule has 2 fully saturated rings. The zero-order valence-electron chi connectivity index (χ0n) is 17.3. The fraction of sp³-hybridized carbons (Fsp3) is 0.455. The number of nitrogens with one attached hydrogen (secondary N) is 1. The minimum atomic E-state index is -2.33. The molecule has 0 aliphatic carbocycles. The molecule has 2 bridgehead atoms. The van der Waals surface area contributed by atoms with Crippen molar-refractivity contribution in [2.75, 3.05) is 4.90 Å². The summed E-state index contributed by atoms with van der Waals surface area (Å²) < 4.78 is 20.0. The van der Waals surface area contributed by atoms with Gasteiger partial charge in [0.2, 0.25) is 0 Å². The van der Waals surface area contributed by atoms with Crippen LogP contribution in [-0.2, 0) is 19.9 Å². The van der Waals surface area contributed by atoms with Crippen LogP contribution in [0.2, 0.25) is 0 Å². The van der Waals surface area contributed by atoms with Crippen molar-refractivity contribution in [1.29, 1.82) is 0 Å². The van der Waals surface area contributed by atoms with Crippen LogP contribution in [0.3, 0.4) is 0 Å². The van der Waals surface area contributed by atoms with Gasteiger partial charge >= 0.3 is 0 Å². The number of benzene rings is 1. The van der Waals surface area contributed by atoms with Gasteiger partial charge in [0, 0.05) is 23.6 Å². The summed E-state index contributed by atoms with van der Waals surface area (Å²) >= 11 is 5.58. The molecule has 2 aromatic rings. The highest BCUT2D eigenvalue weighted by atomic mass is 35.5. The number of anilines is 1. The Bertz CT molecular complexity index is 959. The number of amides is 2. The first-order valence-electron chi connectivity index (χ1n) is 10.2. The average molecular weight is 447 g/mol. The van der Waals surface area contributed by atoms with E-state index >= 15 is 0 Å². The number of hydrogen-bond donors (Lipinski definition) is 1. The average Bonchev–Trinajstić information content (AvgIpc) is 3.38. The van der Waals surface area contributed by atoms with E-state index < -0.39 is 23.0 Å². The molecule has 0 unspecified atom stereocenters. The second kappa shape index (κ2) is 8.51. The van der Waals surface area contributed by atoms with Gasteiger partial charge in [-0.3, -0.25) is 14.5 Å². The molecule has 1 N–H and O–H groups in total. The van der Waals surface area contributed by atoms with E-state index in [1.54, 1.807) is 31.2 Å². The molecule has 164 valence electrons. The number of aryl methyl sites for hydroxylation is 1. The van der Waals surface area contributed by atoms with Crippen molar-refractivity contribution < 1.29 is 18.7 Å². The molecule has 1 aromatic heterocycles. The van der Waals surface area contributed by atoms with Crippen molar-refractivity contribution in [3.8, 4) is 0 Å². The lowest BCUT2D eigenvalue weighted by atomic mass is 9.88. The van der Waals surface area contributed by atoms with Crippen molar-refractivity contribution in [1.82, 2.24) is 15.3 Å². The topological polar surface area (TPSA) is 84.4 Å². The molecular formula is C22H24ClFN4O3. The summed E-state index contributed by atoms with van der Waals surface area (Å²) in [5, 5.41) is 3.03. The van der Waals surface area contributed by atoms with Gasteiger partial charge in [-0.05, 0) is 45.2 Å². The second-order valence-electron chi connectivity index (χ2n) is 8.20. The van der Waals surface area contributed by atoms with Crippen molar-refractivity contribution in [3.05, 3.63) is 54.1 Å². The van der Waals surface area contributed by atoms with Crippen LogP contribution in [0.25, 0.3) is 0 Å². The summed E-state index contributed by atoms with van der Waals surface area (Å²) in [7, 11) is 0. The largest absolute Gasteiger partial charge is 0.373 e. The summed E-state index contributed by atoms with van der Waals surface area (Å²) in [6, 6.07) is 6.69. The highest BCUT2D eigenvalue weighted by Crippen LogP contribution is 2.38. The third-order valence-corrected chi connectivity index (χ3v) is 6.32. The van der Waals surface area contributed by atoms with Crippen LogP contribution in [0, 0.1) is 6.92 Å². The number of hydrogen-bond acceptors (Lipinski definition) is 5. The van der Waals surface area contributed by atoms with Crippen LogP contribution in [0.4, 0.5) is 10.1 Å². The zero-order chi connectivity index (χ0) is 22.2. The van der Waals surface area contributed by atoms with E-state index in [9.17, 15) is 14.0 Å². The van der Waals surface area contributed by atoms with Crippen LogP contribution >= 0.6 is 11.6 Å². The maximum atomic E-state index is 14.1. The maximum Gasteiger partial charge on any atom is 0.278 e. The Hall–Kier alpha value is -2.58. The summed E-state index contributed by atoms with van der Waals surface area (Å²) in [4.78, 5) is 35.8. The van der Waals surface area contributed by atoms with Gasteiger partial charge < -0.3 is 10.1 Å². The summed E-state index contributed by atoms with van der Waals surface area (Å²) in [5.74, 6) is -1.52. The molecule has 2 aliphatic rings. The molecular weight excluding hydrogens is 423 g/mol. The number of carbonyl (C=O) groups is 2. The normalized spacial score (nSPS) is 25.0. The Morgan fingerprint density at radius 1 is 1.26 bits per heavy atom. The molecule has 4 rings (SSSR count). The van der Waals surface area contributed by atoms with Gasteiger partial charge in [-0.1, -0.05) is 29.3 Å². The molecule has 0 saturated carbocycles. The first-order valence-corrected chi connectivity index (χ1v) is 10.6. The van der Waals surface area contributed by atoms with Gasteiger partial charge in [-0.15, -0.1) is 0 Å². The SMILES string of the molecule is Cc1ccc(N(C(=O)[C@H](F)Cl)[C@](C)(C(=O)N[C@@H]2C[C@H]3CC[C@@H]2O3)c2cncnc2)cc1. The van der Waals surface area contributed by atoms with E-state index in [2.05, 4.69) is 15.3 Å². The fourth-order valence-electron chi connectivity index (χ4n) is 4.41. The number of ether oxygens (including phenoxy) is 1. The Balaban J connectivity index is 1.78. The predicted octanol–water partition coefficient (Wildman–Crippen LogP) is 3.00. The number of carbonyl (C=O) groups excluding carboxylic acids is 2. The van der Waals surface area contributed by atoms with Gasteiger partial charge in [0.25, 0.3) is 17.4 Å². The predicted molar refractivity (Wildman–Crippen MR) is 113 cm³/mol. The van der Waals surface area contributed by atoms with Gasteiger partial charge in [0.15, 0.2) is 5.54 Å². The molecule has 0 radical (unpaired) electrons. The van der Waals surface area contributed by atoms with E-state index in [4.69, 9.17) is 16.3 Å². The Labute approximate surface area is 185 Å². The third kappa shape index (κ3) is 4.02. The minimum Gasteiger partial charge on any atom is -0.373 e. The van der Waals surface area contributed by atoms with Crippen LogP contribution in [-0.4, -0.2) is 45.7 Å². The summed E-state index contributed by atoms with van der Waals surface area (Å²) in [6.07, 6.45) is 6.84. The van der Waals surface area contributed by atoms with E-state index in [-0.39, 0.29) is 18.2 Å². The number of rotatable bonds is 6. The molecule has 2 amide bonds. The summed E-state index contributed by atoms with van der Waals surface area (Å²) in [5.41, 5.74) is -2.35. The van der Waals surface area contributed by atoms with Crippen LogP contribution in [0.15, 0.2) is 43.0 Å². The van der Waals surface area contributed by atoms with Crippen molar-refractivity contribution >= 4 is 29.1 Å². The number of fused-ring (bicyclic) bond motifs is 2.